The van der Waals surface area contributed by atoms with Crippen LogP contribution in [0.3, 0.4) is 0 Å². The molecule has 1 saturated carbocycles. The lowest BCUT2D eigenvalue weighted by Crippen LogP contribution is -2.17. The molecule has 0 bridgehead atoms. The molecular formula is C12H15NO2. The molecule has 3 heteroatoms. The van der Waals surface area contributed by atoms with E-state index < -0.39 is 0 Å². The summed E-state index contributed by atoms with van der Waals surface area (Å²) in [5, 5.41) is 3.30. The SMILES string of the molecule is CNC1CC1c1cccc2c1OCCO2. The van der Waals surface area contributed by atoms with Gasteiger partial charge in [-0.3, -0.25) is 0 Å². The van der Waals surface area contributed by atoms with Crippen molar-refractivity contribution in [2.75, 3.05) is 20.3 Å². The van der Waals surface area contributed by atoms with Crippen molar-refractivity contribution in [3.05, 3.63) is 23.8 Å². The van der Waals surface area contributed by atoms with Crippen molar-refractivity contribution in [3.8, 4) is 11.5 Å². The molecule has 2 unspecified atom stereocenters. The molecular weight excluding hydrogens is 190 g/mol. The van der Waals surface area contributed by atoms with Crippen LogP contribution >= 0.6 is 0 Å². The van der Waals surface area contributed by atoms with Crippen molar-refractivity contribution < 1.29 is 9.47 Å². The standard InChI is InChI=1S/C12H15NO2/c1-13-10-7-9(10)8-3-2-4-11-12(8)15-6-5-14-11/h2-4,9-10,13H,5-7H2,1H3. The van der Waals surface area contributed by atoms with Gasteiger partial charge in [0.2, 0.25) is 0 Å². The number of nitrogens with one attached hydrogen (secondary N) is 1. The predicted octanol–water partition coefficient (Wildman–Crippen LogP) is 1.53. The highest BCUT2D eigenvalue weighted by molar-refractivity contribution is 5.51. The first-order chi connectivity index (χ1) is 7.40. The summed E-state index contributed by atoms with van der Waals surface area (Å²) in [5.74, 6) is 2.47. The summed E-state index contributed by atoms with van der Waals surface area (Å²) in [7, 11) is 2.01. The molecule has 0 amide bonds. The Morgan fingerprint density at radius 2 is 2.13 bits per heavy atom. The van der Waals surface area contributed by atoms with Gasteiger partial charge in [-0.25, -0.2) is 0 Å². The van der Waals surface area contributed by atoms with Crippen LogP contribution in [0.15, 0.2) is 18.2 Å². The number of benzene rings is 1. The summed E-state index contributed by atoms with van der Waals surface area (Å²) in [6.07, 6.45) is 1.20. The highest BCUT2D eigenvalue weighted by atomic mass is 16.6. The highest BCUT2D eigenvalue weighted by Gasteiger charge is 2.39. The number of likely N-dealkylation sites (N-methyl/N-ethyl adjacent to an activating group) is 1. The summed E-state index contributed by atoms with van der Waals surface area (Å²) < 4.78 is 11.3. The molecule has 1 aliphatic carbocycles. The quantitative estimate of drug-likeness (QED) is 0.794. The minimum Gasteiger partial charge on any atom is -0.486 e. The van der Waals surface area contributed by atoms with Crippen molar-refractivity contribution in [2.45, 2.75) is 18.4 Å². The summed E-state index contributed by atoms with van der Waals surface area (Å²) in [6.45, 7) is 1.33. The van der Waals surface area contributed by atoms with Crippen LogP contribution in [0.5, 0.6) is 11.5 Å². The number of hydrogen-bond donors (Lipinski definition) is 1. The van der Waals surface area contributed by atoms with Gasteiger partial charge in [-0.1, -0.05) is 12.1 Å². The van der Waals surface area contributed by atoms with Gasteiger partial charge in [0.05, 0.1) is 0 Å². The van der Waals surface area contributed by atoms with Crippen LogP contribution in [-0.4, -0.2) is 26.3 Å². The van der Waals surface area contributed by atoms with Crippen molar-refractivity contribution >= 4 is 0 Å². The molecule has 3 rings (SSSR count). The van der Waals surface area contributed by atoms with Gasteiger partial charge >= 0.3 is 0 Å². The molecule has 1 aliphatic heterocycles. The van der Waals surface area contributed by atoms with E-state index in [1.807, 2.05) is 19.2 Å². The van der Waals surface area contributed by atoms with Crippen LogP contribution in [0.1, 0.15) is 17.9 Å². The van der Waals surface area contributed by atoms with Crippen LogP contribution in [0.25, 0.3) is 0 Å². The Kier molecular flexibility index (Phi) is 2.06. The Balaban J connectivity index is 1.94. The first kappa shape index (κ1) is 9.04. The van der Waals surface area contributed by atoms with E-state index in [1.54, 1.807) is 0 Å². The van der Waals surface area contributed by atoms with Crippen LogP contribution in [0, 0.1) is 0 Å². The van der Waals surface area contributed by atoms with E-state index in [4.69, 9.17) is 9.47 Å². The number of rotatable bonds is 2. The Hall–Kier alpha value is -1.22. The summed E-state index contributed by atoms with van der Waals surface area (Å²) in [4.78, 5) is 0. The van der Waals surface area contributed by atoms with Crippen LogP contribution < -0.4 is 14.8 Å². The molecule has 1 heterocycles. The monoisotopic (exact) mass is 205 g/mol. The van der Waals surface area contributed by atoms with Gasteiger partial charge in [-0.15, -0.1) is 0 Å². The maximum atomic E-state index is 5.70. The van der Waals surface area contributed by atoms with Crippen molar-refractivity contribution in [2.24, 2.45) is 0 Å². The average Bonchev–Trinajstić information content (AvgIpc) is 3.07. The van der Waals surface area contributed by atoms with Gasteiger partial charge in [-0.2, -0.15) is 0 Å². The van der Waals surface area contributed by atoms with E-state index in [2.05, 4.69) is 11.4 Å². The topological polar surface area (TPSA) is 30.5 Å². The van der Waals surface area contributed by atoms with Gasteiger partial charge in [-0.05, 0) is 19.5 Å². The van der Waals surface area contributed by atoms with E-state index in [9.17, 15) is 0 Å². The smallest absolute Gasteiger partial charge is 0.164 e. The van der Waals surface area contributed by atoms with Crippen molar-refractivity contribution in [1.29, 1.82) is 0 Å². The molecule has 2 aliphatic rings. The lowest BCUT2D eigenvalue weighted by atomic mass is 10.1. The average molecular weight is 205 g/mol. The van der Waals surface area contributed by atoms with Gasteiger partial charge in [0.25, 0.3) is 0 Å². The van der Waals surface area contributed by atoms with Crippen LogP contribution in [0.2, 0.25) is 0 Å². The molecule has 0 aromatic heterocycles. The first-order valence-corrected chi connectivity index (χ1v) is 5.46. The maximum Gasteiger partial charge on any atom is 0.164 e. The minimum absolute atomic E-state index is 0.603. The predicted molar refractivity (Wildman–Crippen MR) is 57.6 cm³/mol. The lowest BCUT2D eigenvalue weighted by molar-refractivity contribution is 0.170. The van der Waals surface area contributed by atoms with Crippen molar-refractivity contribution in [3.63, 3.8) is 0 Å². The first-order valence-electron chi connectivity index (χ1n) is 5.46. The fourth-order valence-corrected chi connectivity index (χ4v) is 2.25. The fraction of sp³-hybridized carbons (Fsp3) is 0.500. The second kappa shape index (κ2) is 3.42. The Morgan fingerprint density at radius 1 is 1.27 bits per heavy atom. The normalized spacial score (nSPS) is 27.5. The Labute approximate surface area is 89.4 Å². The van der Waals surface area contributed by atoms with E-state index in [-0.39, 0.29) is 0 Å². The molecule has 2 atom stereocenters. The number of para-hydroxylation sites is 1. The van der Waals surface area contributed by atoms with E-state index >= 15 is 0 Å². The van der Waals surface area contributed by atoms with E-state index in [1.165, 1.54) is 12.0 Å². The molecule has 3 nitrogen and oxygen atoms in total. The largest absolute Gasteiger partial charge is 0.486 e. The van der Waals surface area contributed by atoms with Gasteiger partial charge in [0.1, 0.15) is 13.2 Å². The second-order valence-corrected chi connectivity index (χ2v) is 4.11. The summed E-state index contributed by atoms with van der Waals surface area (Å²) in [5.41, 5.74) is 1.30. The Bertz CT molecular complexity index is 378. The number of hydrogen-bond acceptors (Lipinski definition) is 3. The fourth-order valence-electron chi connectivity index (χ4n) is 2.25. The second-order valence-electron chi connectivity index (χ2n) is 4.11. The van der Waals surface area contributed by atoms with Gasteiger partial charge in [0, 0.05) is 17.5 Å². The van der Waals surface area contributed by atoms with Crippen LogP contribution in [0.4, 0.5) is 0 Å². The summed E-state index contributed by atoms with van der Waals surface area (Å²) >= 11 is 0. The van der Waals surface area contributed by atoms with Gasteiger partial charge in [0.15, 0.2) is 11.5 Å². The molecule has 0 saturated heterocycles. The highest BCUT2D eigenvalue weighted by Crippen LogP contribution is 2.48. The number of ether oxygens (including phenoxy) is 2. The minimum atomic E-state index is 0.603. The zero-order valence-corrected chi connectivity index (χ0v) is 8.82. The molecule has 15 heavy (non-hydrogen) atoms. The van der Waals surface area contributed by atoms with Gasteiger partial charge < -0.3 is 14.8 Å². The summed E-state index contributed by atoms with van der Waals surface area (Å²) in [6, 6.07) is 6.79. The molecule has 80 valence electrons. The molecule has 0 radical (unpaired) electrons. The third kappa shape index (κ3) is 1.47. The number of fused-ring (bicyclic) bond motifs is 1. The third-order valence-electron chi connectivity index (χ3n) is 3.16. The van der Waals surface area contributed by atoms with Crippen molar-refractivity contribution in [1.82, 2.24) is 5.32 Å². The van der Waals surface area contributed by atoms with E-state index in [0.29, 0.717) is 25.2 Å². The molecule has 1 aromatic rings. The Morgan fingerprint density at radius 3 is 2.93 bits per heavy atom. The zero-order valence-electron chi connectivity index (χ0n) is 8.82. The lowest BCUT2D eigenvalue weighted by Gasteiger charge is -2.21. The molecule has 1 N–H and O–H groups in total. The van der Waals surface area contributed by atoms with E-state index in [0.717, 1.165) is 11.5 Å². The maximum absolute atomic E-state index is 5.70. The molecule has 0 spiro atoms. The molecule has 1 fully saturated rings. The van der Waals surface area contributed by atoms with Crippen LogP contribution in [-0.2, 0) is 0 Å². The molecule has 1 aromatic carbocycles. The third-order valence-corrected chi connectivity index (χ3v) is 3.16. The zero-order chi connectivity index (χ0) is 10.3.